The molecule has 1 fully saturated rings. The highest BCUT2D eigenvalue weighted by Crippen LogP contribution is 2.14. The lowest BCUT2D eigenvalue weighted by Gasteiger charge is -2.10. The summed E-state index contributed by atoms with van der Waals surface area (Å²) in [5.41, 5.74) is 0.412. The van der Waals surface area contributed by atoms with Crippen LogP contribution < -0.4 is 4.80 Å². The van der Waals surface area contributed by atoms with Gasteiger partial charge in [-0.3, -0.25) is 4.57 Å². The molecule has 21 heavy (non-hydrogen) atoms. The van der Waals surface area contributed by atoms with Crippen LogP contribution in [0.25, 0.3) is 5.69 Å². The van der Waals surface area contributed by atoms with Crippen molar-refractivity contribution in [1.29, 1.82) is 0 Å². The molecule has 6 heteroatoms. The average molecular weight is 305 g/mol. The van der Waals surface area contributed by atoms with Gasteiger partial charge in [0.15, 0.2) is 4.80 Å². The first-order chi connectivity index (χ1) is 10.1. The Kier molecular flexibility index (Phi) is 3.88. The van der Waals surface area contributed by atoms with Crippen LogP contribution in [-0.4, -0.2) is 28.6 Å². The number of halogens is 1. The highest BCUT2D eigenvalue weighted by molar-refractivity contribution is 7.09. The van der Waals surface area contributed by atoms with E-state index in [9.17, 15) is 9.18 Å². The summed E-state index contributed by atoms with van der Waals surface area (Å²) >= 11 is 1.39. The first-order valence-electron chi connectivity index (χ1n) is 6.93. The number of aryl methyl sites for hydroxylation is 1. The number of hydrogen-bond donors (Lipinski definition) is 0. The molecule has 3 rings (SSSR count). The van der Waals surface area contributed by atoms with Crippen molar-refractivity contribution in [3.05, 3.63) is 46.0 Å². The molecule has 4 nitrogen and oxygen atoms in total. The van der Waals surface area contributed by atoms with E-state index in [2.05, 4.69) is 4.99 Å². The van der Waals surface area contributed by atoms with Crippen LogP contribution in [0.5, 0.6) is 0 Å². The van der Waals surface area contributed by atoms with Crippen molar-refractivity contribution < 1.29 is 9.18 Å². The summed E-state index contributed by atoms with van der Waals surface area (Å²) in [5.74, 6) is -0.328. The number of amides is 2. The third-order valence-electron chi connectivity index (χ3n) is 3.45. The van der Waals surface area contributed by atoms with Crippen LogP contribution in [0.2, 0.25) is 0 Å². The second kappa shape index (κ2) is 5.81. The molecule has 2 amide bonds. The van der Waals surface area contributed by atoms with E-state index in [4.69, 9.17) is 0 Å². The van der Waals surface area contributed by atoms with E-state index < -0.39 is 0 Å². The first kappa shape index (κ1) is 14.0. The largest absolute Gasteiger partial charge is 0.346 e. The number of aromatic nitrogens is 1. The summed E-state index contributed by atoms with van der Waals surface area (Å²) in [6, 6.07) is 6.26. The molecule has 1 aliphatic heterocycles. The van der Waals surface area contributed by atoms with Gasteiger partial charge in [0, 0.05) is 24.2 Å². The molecule has 0 atom stereocenters. The fourth-order valence-electron chi connectivity index (χ4n) is 2.41. The Morgan fingerprint density at radius 1 is 1.29 bits per heavy atom. The lowest BCUT2D eigenvalue weighted by atomic mass is 10.3. The number of carbonyl (C=O) groups is 1. The van der Waals surface area contributed by atoms with E-state index >= 15 is 0 Å². The van der Waals surface area contributed by atoms with Gasteiger partial charge in [-0.1, -0.05) is 12.1 Å². The van der Waals surface area contributed by atoms with Gasteiger partial charge in [-0.15, -0.1) is 11.3 Å². The molecule has 0 aliphatic carbocycles. The van der Waals surface area contributed by atoms with Gasteiger partial charge < -0.3 is 4.90 Å². The van der Waals surface area contributed by atoms with Gasteiger partial charge in [0.25, 0.3) is 0 Å². The Balaban J connectivity index is 2.04. The summed E-state index contributed by atoms with van der Waals surface area (Å²) in [6.45, 7) is 3.43. The summed E-state index contributed by atoms with van der Waals surface area (Å²) in [7, 11) is 0. The van der Waals surface area contributed by atoms with Gasteiger partial charge in [0.1, 0.15) is 5.82 Å². The minimum atomic E-state index is -0.328. The molecular formula is C15H16FN3OS. The molecule has 0 saturated carbocycles. The molecule has 1 aliphatic rings. The number of likely N-dealkylation sites (tertiary alicyclic amines) is 1. The van der Waals surface area contributed by atoms with Crippen LogP contribution in [0.1, 0.15) is 17.7 Å². The van der Waals surface area contributed by atoms with E-state index in [1.165, 1.54) is 17.4 Å². The third-order valence-corrected chi connectivity index (χ3v) is 4.35. The molecule has 0 bridgehead atoms. The second-order valence-electron chi connectivity index (χ2n) is 5.03. The summed E-state index contributed by atoms with van der Waals surface area (Å²) in [4.78, 5) is 19.6. The molecule has 0 radical (unpaired) electrons. The summed E-state index contributed by atoms with van der Waals surface area (Å²) in [6.07, 6.45) is 3.86. The van der Waals surface area contributed by atoms with Gasteiger partial charge in [-0.25, -0.2) is 9.18 Å². The number of urea groups is 1. The van der Waals surface area contributed by atoms with Gasteiger partial charge in [0.2, 0.25) is 0 Å². The number of thiazole rings is 1. The van der Waals surface area contributed by atoms with Crippen LogP contribution in [0, 0.1) is 12.7 Å². The van der Waals surface area contributed by atoms with Gasteiger partial charge in [-0.05, 0) is 31.9 Å². The predicted molar refractivity (Wildman–Crippen MR) is 80.1 cm³/mol. The fourth-order valence-corrected chi connectivity index (χ4v) is 3.23. The predicted octanol–water partition coefficient (Wildman–Crippen LogP) is 3.10. The maximum absolute atomic E-state index is 13.9. The molecule has 0 unspecified atom stereocenters. The zero-order valence-corrected chi connectivity index (χ0v) is 12.6. The van der Waals surface area contributed by atoms with Crippen molar-refractivity contribution in [2.75, 3.05) is 13.1 Å². The number of benzene rings is 1. The monoisotopic (exact) mass is 305 g/mol. The topological polar surface area (TPSA) is 37.6 Å². The van der Waals surface area contributed by atoms with E-state index in [-0.39, 0.29) is 11.8 Å². The number of carbonyl (C=O) groups excluding carboxylic acids is 1. The zero-order chi connectivity index (χ0) is 14.8. The Morgan fingerprint density at radius 2 is 2.00 bits per heavy atom. The Labute approximate surface area is 126 Å². The lowest BCUT2D eigenvalue weighted by molar-refractivity contribution is 0.218. The molecule has 2 aromatic rings. The van der Waals surface area contributed by atoms with Gasteiger partial charge >= 0.3 is 6.03 Å². The smallest absolute Gasteiger partial charge is 0.323 e. The highest BCUT2D eigenvalue weighted by atomic mass is 32.1. The van der Waals surface area contributed by atoms with E-state index in [0.717, 1.165) is 30.8 Å². The Hall–Kier alpha value is -1.95. The molecule has 1 aromatic carbocycles. The maximum Gasteiger partial charge on any atom is 0.346 e. The number of hydrogen-bond acceptors (Lipinski definition) is 2. The van der Waals surface area contributed by atoms with Crippen LogP contribution in [0.3, 0.4) is 0 Å². The number of para-hydroxylation sites is 1. The van der Waals surface area contributed by atoms with Crippen LogP contribution >= 0.6 is 11.3 Å². The fraction of sp³-hybridized carbons (Fsp3) is 0.333. The van der Waals surface area contributed by atoms with Crippen molar-refractivity contribution in [2.24, 2.45) is 4.99 Å². The van der Waals surface area contributed by atoms with Gasteiger partial charge in [0.05, 0.1) is 5.69 Å². The van der Waals surface area contributed by atoms with E-state index in [1.807, 2.05) is 6.92 Å². The van der Waals surface area contributed by atoms with Crippen LogP contribution in [0.15, 0.2) is 35.5 Å². The average Bonchev–Trinajstić information content (AvgIpc) is 3.09. The minimum absolute atomic E-state index is 0.237. The Morgan fingerprint density at radius 3 is 2.71 bits per heavy atom. The summed E-state index contributed by atoms with van der Waals surface area (Å²) < 4.78 is 15.6. The number of nitrogens with zero attached hydrogens (tertiary/aromatic N) is 3. The maximum atomic E-state index is 13.9. The number of rotatable bonds is 1. The van der Waals surface area contributed by atoms with Gasteiger partial charge in [-0.2, -0.15) is 4.99 Å². The molecule has 1 saturated heterocycles. The Bertz CT molecular complexity index is 729. The van der Waals surface area contributed by atoms with Crippen molar-refractivity contribution >= 4 is 17.4 Å². The third kappa shape index (κ3) is 2.90. The van der Waals surface area contributed by atoms with E-state index in [1.54, 1.807) is 33.9 Å². The normalized spacial score (nSPS) is 15.7. The highest BCUT2D eigenvalue weighted by Gasteiger charge is 2.17. The molecule has 110 valence electrons. The van der Waals surface area contributed by atoms with Crippen molar-refractivity contribution in [3.63, 3.8) is 0 Å². The van der Waals surface area contributed by atoms with Crippen molar-refractivity contribution in [3.8, 4) is 5.69 Å². The standard InChI is InChI=1S/C15H16FN3OS/c1-11-10-19(13-7-3-2-6-12(13)16)15(21-11)17-14(20)18-8-4-5-9-18/h2-3,6-7,10H,4-5,8-9H2,1H3. The molecule has 2 heterocycles. The summed E-state index contributed by atoms with van der Waals surface area (Å²) in [5, 5.41) is 0. The second-order valence-corrected chi connectivity index (χ2v) is 6.25. The quantitative estimate of drug-likeness (QED) is 0.797. The molecule has 0 spiro atoms. The lowest BCUT2D eigenvalue weighted by Crippen LogP contribution is -2.27. The van der Waals surface area contributed by atoms with Crippen molar-refractivity contribution in [2.45, 2.75) is 19.8 Å². The molecule has 1 aromatic heterocycles. The van der Waals surface area contributed by atoms with Crippen LogP contribution in [-0.2, 0) is 0 Å². The van der Waals surface area contributed by atoms with E-state index in [0.29, 0.717) is 10.5 Å². The zero-order valence-electron chi connectivity index (χ0n) is 11.8. The SMILES string of the molecule is Cc1cn(-c2ccccc2F)c(=NC(=O)N2CCCC2)s1. The first-order valence-corrected chi connectivity index (χ1v) is 7.74. The minimum Gasteiger partial charge on any atom is -0.323 e. The van der Waals surface area contributed by atoms with Crippen LogP contribution in [0.4, 0.5) is 9.18 Å². The van der Waals surface area contributed by atoms with Crippen molar-refractivity contribution in [1.82, 2.24) is 9.47 Å². The molecular weight excluding hydrogens is 289 g/mol. The molecule has 0 N–H and O–H groups in total.